The van der Waals surface area contributed by atoms with Crippen LogP contribution in [-0.2, 0) is 4.74 Å². The van der Waals surface area contributed by atoms with Gasteiger partial charge in [0.1, 0.15) is 0 Å². The van der Waals surface area contributed by atoms with Gasteiger partial charge in [-0.1, -0.05) is 19.3 Å². The van der Waals surface area contributed by atoms with Gasteiger partial charge in [-0.2, -0.15) is 0 Å². The lowest BCUT2D eigenvalue weighted by molar-refractivity contribution is -0.00154. The van der Waals surface area contributed by atoms with Gasteiger partial charge in [0.25, 0.3) is 0 Å². The first kappa shape index (κ1) is 10.4. The first-order valence-electron chi connectivity index (χ1n) is 6.25. The molecule has 2 N–H and O–H groups in total. The predicted molar refractivity (Wildman–Crippen MR) is 58.1 cm³/mol. The highest BCUT2D eigenvalue weighted by molar-refractivity contribution is 4.81. The summed E-state index contributed by atoms with van der Waals surface area (Å²) in [6.07, 6.45) is 11.7. The zero-order valence-electron chi connectivity index (χ0n) is 9.08. The van der Waals surface area contributed by atoms with Gasteiger partial charge in [-0.3, -0.25) is 0 Å². The molecule has 2 nitrogen and oxygen atoms in total. The van der Waals surface area contributed by atoms with Gasteiger partial charge in [0, 0.05) is 0 Å². The largest absolute Gasteiger partial charge is 0.375 e. The summed E-state index contributed by atoms with van der Waals surface area (Å²) in [6, 6.07) is 0. The van der Waals surface area contributed by atoms with Crippen LogP contribution in [0.2, 0.25) is 0 Å². The fourth-order valence-electron chi connectivity index (χ4n) is 2.98. The normalized spacial score (nSPS) is 34.9. The van der Waals surface area contributed by atoms with E-state index in [-0.39, 0.29) is 0 Å². The van der Waals surface area contributed by atoms with Gasteiger partial charge in [-0.05, 0) is 44.6 Å². The number of rotatable bonds is 3. The van der Waals surface area contributed by atoms with E-state index in [0.717, 1.165) is 18.9 Å². The van der Waals surface area contributed by atoms with Crippen LogP contribution in [0.5, 0.6) is 0 Å². The third-order valence-corrected chi connectivity index (χ3v) is 3.80. The van der Waals surface area contributed by atoms with Gasteiger partial charge >= 0.3 is 0 Å². The second-order valence-electron chi connectivity index (χ2n) is 4.85. The first-order valence-corrected chi connectivity index (χ1v) is 6.25. The van der Waals surface area contributed by atoms with Crippen molar-refractivity contribution in [2.45, 2.75) is 63.6 Å². The van der Waals surface area contributed by atoms with Crippen LogP contribution in [0, 0.1) is 5.92 Å². The molecule has 2 atom stereocenters. The van der Waals surface area contributed by atoms with Crippen LogP contribution in [0.15, 0.2) is 0 Å². The Morgan fingerprint density at radius 2 is 1.79 bits per heavy atom. The highest BCUT2D eigenvalue weighted by Crippen LogP contribution is 2.35. The Balaban J connectivity index is 1.76. The average molecular weight is 197 g/mol. The summed E-state index contributed by atoms with van der Waals surface area (Å²) in [4.78, 5) is 0. The summed E-state index contributed by atoms with van der Waals surface area (Å²) < 4.78 is 6.06. The maximum atomic E-state index is 6.06. The molecule has 2 unspecified atom stereocenters. The van der Waals surface area contributed by atoms with E-state index in [0.29, 0.717) is 12.2 Å². The molecule has 0 radical (unpaired) electrons. The minimum atomic E-state index is 0.479. The van der Waals surface area contributed by atoms with E-state index in [1.165, 1.54) is 44.9 Å². The number of hydrogen-bond acceptors (Lipinski definition) is 2. The van der Waals surface area contributed by atoms with Crippen LogP contribution in [0.1, 0.15) is 51.4 Å². The lowest BCUT2D eigenvalue weighted by Gasteiger charge is -2.27. The summed E-state index contributed by atoms with van der Waals surface area (Å²) in [5.41, 5.74) is 5.55. The van der Waals surface area contributed by atoms with Crippen molar-refractivity contribution in [2.24, 2.45) is 11.7 Å². The van der Waals surface area contributed by atoms with E-state index in [1.807, 2.05) is 0 Å². The highest BCUT2D eigenvalue weighted by atomic mass is 16.5. The van der Waals surface area contributed by atoms with Crippen molar-refractivity contribution in [2.75, 3.05) is 6.54 Å². The average Bonchev–Trinajstić information content (AvgIpc) is 2.68. The van der Waals surface area contributed by atoms with Gasteiger partial charge in [-0.15, -0.1) is 0 Å². The lowest BCUT2D eigenvalue weighted by atomic mass is 9.84. The lowest BCUT2D eigenvalue weighted by Crippen LogP contribution is -2.24. The molecule has 14 heavy (non-hydrogen) atoms. The highest BCUT2D eigenvalue weighted by Gasteiger charge is 2.31. The van der Waals surface area contributed by atoms with Crippen LogP contribution < -0.4 is 5.73 Å². The molecule has 0 aromatic heterocycles. The van der Waals surface area contributed by atoms with Crippen LogP contribution in [0.3, 0.4) is 0 Å². The van der Waals surface area contributed by atoms with Gasteiger partial charge in [0.15, 0.2) is 0 Å². The predicted octanol–water partition coefficient (Wildman–Crippen LogP) is 2.46. The Bertz CT molecular complexity index is 166. The molecule has 1 aliphatic heterocycles. The topological polar surface area (TPSA) is 35.2 Å². The number of ether oxygens (including phenoxy) is 1. The van der Waals surface area contributed by atoms with Gasteiger partial charge in [-0.25, -0.2) is 0 Å². The summed E-state index contributed by atoms with van der Waals surface area (Å²) in [7, 11) is 0. The van der Waals surface area contributed by atoms with Crippen LogP contribution >= 0.6 is 0 Å². The van der Waals surface area contributed by atoms with Gasteiger partial charge in [0.2, 0.25) is 0 Å². The molecule has 0 spiro atoms. The fraction of sp³-hybridized carbons (Fsp3) is 1.00. The molecule has 0 bridgehead atoms. The van der Waals surface area contributed by atoms with E-state index in [9.17, 15) is 0 Å². The molecule has 2 aliphatic rings. The summed E-state index contributed by atoms with van der Waals surface area (Å²) in [5.74, 6) is 0.867. The van der Waals surface area contributed by atoms with Crippen molar-refractivity contribution in [3.05, 3.63) is 0 Å². The molecule has 0 aromatic rings. The molecule has 82 valence electrons. The Morgan fingerprint density at radius 3 is 2.50 bits per heavy atom. The molecule has 1 saturated heterocycles. The maximum Gasteiger partial charge on any atom is 0.0608 e. The van der Waals surface area contributed by atoms with Crippen molar-refractivity contribution in [3.63, 3.8) is 0 Å². The van der Waals surface area contributed by atoms with Crippen molar-refractivity contribution < 1.29 is 4.74 Å². The third-order valence-electron chi connectivity index (χ3n) is 3.80. The van der Waals surface area contributed by atoms with Crippen LogP contribution in [0.4, 0.5) is 0 Å². The molecule has 0 amide bonds. The fourth-order valence-corrected chi connectivity index (χ4v) is 2.98. The Morgan fingerprint density at radius 1 is 1.00 bits per heavy atom. The monoisotopic (exact) mass is 197 g/mol. The zero-order valence-corrected chi connectivity index (χ0v) is 9.08. The van der Waals surface area contributed by atoms with Crippen molar-refractivity contribution in [1.29, 1.82) is 0 Å². The summed E-state index contributed by atoms with van der Waals surface area (Å²) >= 11 is 0. The van der Waals surface area contributed by atoms with Crippen molar-refractivity contribution in [3.8, 4) is 0 Å². The Kier molecular flexibility index (Phi) is 3.82. The van der Waals surface area contributed by atoms with E-state index >= 15 is 0 Å². The smallest absolute Gasteiger partial charge is 0.0608 e. The summed E-state index contributed by atoms with van der Waals surface area (Å²) in [5, 5.41) is 0. The standard InChI is InChI=1S/C12H23NO/c13-9-8-11-6-7-12(14-11)10-4-2-1-3-5-10/h10-12H,1-9,13H2. The van der Waals surface area contributed by atoms with Crippen molar-refractivity contribution in [1.82, 2.24) is 0 Å². The molecular weight excluding hydrogens is 174 g/mol. The number of hydrogen-bond donors (Lipinski definition) is 1. The van der Waals surface area contributed by atoms with Crippen LogP contribution in [0.25, 0.3) is 0 Å². The van der Waals surface area contributed by atoms with E-state index < -0.39 is 0 Å². The Hall–Kier alpha value is -0.0800. The summed E-state index contributed by atoms with van der Waals surface area (Å²) in [6.45, 7) is 0.780. The minimum Gasteiger partial charge on any atom is -0.375 e. The van der Waals surface area contributed by atoms with Crippen LogP contribution in [-0.4, -0.2) is 18.8 Å². The third kappa shape index (κ3) is 2.48. The van der Waals surface area contributed by atoms with Gasteiger partial charge in [0.05, 0.1) is 12.2 Å². The van der Waals surface area contributed by atoms with Gasteiger partial charge < -0.3 is 10.5 Å². The van der Waals surface area contributed by atoms with E-state index in [2.05, 4.69) is 0 Å². The second kappa shape index (κ2) is 5.13. The molecule has 2 heteroatoms. The molecule has 1 saturated carbocycles. The molecule has 1 aliphatic carbocycles. The van der Waals surface area contributed by atoms with Crippen molar-refractivity contribution >= 4 is 0 Å². The van der Waals surface area contributed by atoms with E-state index in [1.54, 1.807) is 0 Å². The maximum absolute atomic E-state index is 6.06. The van der Waals surface area contributed by atoms with E-state index in [4.69, 9.17) is 10.5 Å². The zero-order chi connectivity index (χ0) is 9.80. The second-order valence-corrected chi connectivity index (χ2v) is 4.85. The SMILES string of the molecule is NCCC1CCC(C2CCCCC2)O1. The minimum absolute atomic E-state index is 0.479. The molecule has 2 fully saturated rings. The number of nitrogens with two attached hydrogens (primary N) is 1. The quantitative estimate of drug-likeness (QED) is 0.754. The molecule has 1 heterocycles. The first-order chi connectivity index (χ1) is 6.90. The Labute approximate surface area is 87.2 Å². The molecular formula is C12H23NO. The molecule has 2 rings (SSSR count). The molecule has 0 aromatic carbocycles.